The zero-order chi connectivity index (χ0) is 9.90. The van der Waals surface area contributed by atoms with Crippen molar-refractivity contribution in [1.29, 1.82) is 0 Å². The lowest BCUT2D eigenvalue weighted by molar-refractivity contribution is -0.133. The summed E-state index contributed by atoms with van der Waals surface area (Å²) in [6.07, 6.45) is 1.71. The van der Waals surface area contributed by atoms with E-state index in [2.05, 4.69) is 0 Å². The van der Waals surface area contributed by atoms with Crippen LogP contribution in [0.2, 0.25) is 0 Å². The molecule has 1 rings (SSSR count). The minimum absolute atomic E-state index is 0.0938. The highest BCUT2D eigenvalue weighted by Crippen LogP contribution is 2.23. The van der Waals surface area contributed by atoms with Crippen LogP contribution >= 0.6 is 0 Å². The number of hydrogen-bond donors (Lipinski definition) is 1. The van der Waals surface area contributed by atoms with Crippen molar-refractivity contribution in [3.63, 3.8) is 0 Å². The van der Waals surface area contributed by atoms with E-state index in [1.165, 1.54) is 0 Å². The Hall–Kier alpha value is -0.410. The van der Waals surface area contributed by atoms with Crippen LogP contribution in [0.25, 0.3) is 0 Å². The second kappa shape index (κ2) is 4.20. The molecule has 1 aliphatic rings. The molecule has 1 N–H and O–H groups in total. The maximum absolute atomic E-state index is 11.4. The van der Waals surface area contributed by atoms with Crippen molar-refractivity contribution in [1.82, 2.24) is 0 Å². The first-order valence-corrected chi connectivity index (χ1v) is 4.88. The molecule has 0 spiro atoms. The van der Waals surface area contributed by atoms with Gasteiger partial charge >= 0.3 is 0 Å². The summed E-state index contributed by atoms with van der Waals surface area (Å²) < 4.78 is 5.21. The van der Waals surface area contributed by atoms with Crippen LogP contribution in [0.5, 0.6) is 0 Å². The Bertz CT molecular complexity index is 187. The van der Waals surface area contributed by atoms with Gasteiger partial charge in [-0.05, 0) is 19.8 Å². The van der Waals surface area contributed by atoms with E-state index in [1.807, 2.05) is 6.92 Å². The van der Waals surface area contributed by atoms with Crippen molar-refractivity contribution in [3.05, 3.63) is 0 Å². The molecule has 0 saturated carbocycles. The largest absolute Gasteiger partial charge is 0.390 e. The molecule has 0 amide bonds. The molecule has 2 atom stereocenters. The molecule has 1 saturated heterocycles. The fraction of sp³-hybridized carbons (Fsp3) is 0.900. The maximum atomic E-state index is 11.4. The maximum Gasteiger partial charge on any atom is 0.140 e. The average molecular weight is 186 g/mol. The molecule has 2 unspecified atom stereocenters. The van der Waals surface area contributed by atoms with Gasteiger partial charge in [-0.3, -0.25) is 4.79 Å². The van der Waals surface area contributed by atoms with Crippen molar-refractivity contribution in [2.45, 2.75) is 38.7 Å². The first kappa shape index (κ1) is 10.7. The molecule has 0 aliphatic carbocycles. The third-order valence-electron chi connectivity index (χ3n) is 2.71. The lowest BCUT2D eigenvalue weighted by Crippen LogP contribution is -2.35. The van der Waals surface area contributed by atoms with Gasteiger partial charge in [-0.25, -0.2) is 0 Å². The first-order chi connectivity index (χ1) is 6.05. The molecule has 0 radical (unpaired) electrons. The van der Waals surface area contributed by atoms with Crippen molar-refractivity contribution in [2.75, 3.05) is 13.2 Å². The van der Waals surface area contributed by atoms with E-state index in [0.717, 1.165) is 0 Å². The summed E-state index contributed by atoms with van der Waals surface area (Å²) in [7, 11) is 0. The Kier molecular flexibility index (Phi) is 3.45. The van der Waals surface area contributed by atoms with Gasteiger partial charge in [0.25, 0.3) is 0 Å². The summed E-state index contributed by atoms with van der Waals surface area (Å²) in [5, 5.41) is 9.79. The lowest BCUT2D eigenvalue weighted by Gasteiger charge is -2.28. The number of ether oxygens (including phenoxy) is 1. The van der Waals surface area contributed by atoms with Crippen molar-refractivity contribution >= 4 is 5.78 Å². The molecular formula is C10H18O3. The number of carbonyl (C=O) groups is 1. The quantitative estimate of drug-likeness (QED) is 0.719. The van der Waals surface area contributed by atoms with Crippen LogP contribution in [0.4, 0.5) is 0 Å². The third-order valence-corrected chi connectivity index (χ3v) is 2.71. The fourth-order valence-electron chi connectivity index (χ4n) is 1.54. The van der Waals surface area contributed by atoms with Gasteiger partial charge in [0, 0.05) is 12.3 Å². The molecule has 3 nitrogen and oxygen atoms in total. The van der Waals surface area contributed by atoms with Gasteiger partial charge in [0.15, 0.2) is 0 Å². The van der Waals surface area contributed by atoms with E-state index in [0.29, 0.717) is 32.5 Å². The van der Waals surface area contributed by atoms with Crippen LogP contribution < -0.4 is 0 Å². The Morgan fingerprint density at radius 1 is 1.69 bits per heavy atom. The van der Waals surface area contributed by atoms with E-state index < -0.39 is 5.60 Å². The van der Waals surface area contributed by atoms with Gasteiger partial charge in [-0.15, -0.1) is 0 Å². The Morgan fingerprint density at radius 3 is 2.92 bits per heavy atom. The van der Waals surface area contributed by atoms with Gasteiger partial charge in [0.05, 0.1) is 18.8 Å². The van der Waals surface area contributed by atoms with E-state index in [9.17, 15) is 9.90 Å². The predicted molar refractivity (Wildman–Crippen MR) is 49.5 cm³/mol. The van der Waals surface area contributed by atoms with Gasteiger partial charge in [-0.2, -0.15) is 0 Å². The standard InChI is InChI=1S/C10H18O3/c1-3-10(2,12)6-8-7-13-5-4-9(8)11/h8,12H,3-7H2,1-2H3. The highest BCUT2D eigenvalue weighted by molar-refractivity contribution is 5.81. The van der Waals surface area contributed by atoms with Gasteiger partial charge in [0.2, 0.25) is 0 Å². The van der Waals surface area contributed by atoms with Crippen LogP contribution in [0.1, 0.15) is 33.1 Å². The highest BCUT2D eigenvalue weighted by atomic mass is 16.5. The summed E-state index contributed by atoms with van der Waals surface area (Å²) >= 11 is 0. The normalized spacial score (nSPS) is 28.5. The minimum Gasteiger partial charge on any atom is -0.390 e. The highest BCUT2D eigenvalue weighted by Gasteiger charge is 2.30. The number of ketones is 1. The number of rotatable bonds is 3. The van der Waals surface area contributed by atoms with Crippen LogP contribution in [-0.2, 0) is 9.53 Å². The molecule has 1 fully saturated rings. The Morgan fingerprint density at radius 2 is 2.38 bits per heavy atom. The molecule has 0 aromatic rings. The fourth-order valence-corrected chi connectivity index (χ4v) is 1.54. The molecule has 3 heteroatoms. The third kappa shape index (κ3) is 3.08. The van der Waals surface area contributed by atoms with Crippen LogP contribution in [0.15, 0.2) is 0 Å². The second-order valence-electron chi connectivity index (χ2n) is 4.04. The van der Waals surface area contributed by atoms with Gasteiger partial charge in [0.1, 0.15) is 5.78 Å². The molecular weight excluding hydrogens is 168 g/mol. The summed E-state index contributed by atoms with van der Waals surface area (Å²) in [6.45, 7) is 4.72. The van der Waals surface area contributed by atoms with Crippen molar-refractivity contribution in [2.24, 2.45) is 5.92 Å². The SMILES string of the molecule is CCC(C)(O)CC1COCCC1=O. The number of hydrogen-bond acceptors (Lipinski definition) is 3. The Labute approximate surface area is 79.1 Å². The summed E-state index contributed by atoms with van der Waals surface area (Å²) in [4.78, 5) is 11.4. The summed E-state index contributed by atoms with van der Waals surface area (Å²) in [6, 6.07) is 0. The van der Waals surface area contributed by atoms with Crippen LogP contribution in [0, 0.1) is 5.92 Å². The van der Waals surface area contributed by atoms with E-state index in [-0.39, 0.29) is 11.7 Å². The molecule has 1 heterocycles. The molecule has 1 aliphatic heterocycles. The van der Waals surface area contributed by atoms with Gasteiger partial charge in [-0.1, -0.05) is 6.92 Å². The second-order valence-corrected chi connectivity index (χ2v) is 4.04. The number of carbonyl (C=O) groups excluding carboxylic acids is 1. The smallest absolute Gasteiger partial charge is 0.140 e. The zero-order valence-electron chi connectivity index (χ0n) is 8.38. The van der Waals surface area contributed by atoms with E-state index in [4.69, 9.17) is 4.74 Å². The molecule has 13 heavy (non-hydrogen) atoms. The number of Topliss-reactive ketones (excluding diaryl/α,β-unsaturated/α-hetero) is 1. The van der Waals surface area contributed by atoms with Crippen molar-refractivity contribution in [3.8, 4) is 0 Å². The molecule has 0 bridgehead atoms. The van der Waals surface area contributed by atoms with Gasteiger partial charge < -0.3 is 9.84 Å². The average Bonchev–Trinajstić information content (AvgIpc) is 2.09. The summed E-state index contributed by atoms with van der Waals surface area (Å²) in [5.74, 6) is 0.142. The summed E-state index contributed by atoms with van der Waals surface area (Å²) in [5.41, 5.74) is -0.721. The van der Waals surface area contributed by atoms with E-state index >= 15 is 0 Å². The lowest BCUT2D eigenvalue weighted by atomic mass is 9.86. The first-order valence-electron chi connectivity index (χ1n) is 4.88. The van der Waals surface area contributed by atoms with Crippen LogP contribution in [0.3, 0.4) is 0 Å². The monoisotopic (exact) mass is 186 g/mol. The molecule has 76 valence electrons. The minimum atomic E-state index is -0.721. The van der Waals surface area contributed by atoms with Crippen LogP contribution in [-0.4, -0.2) is 29.7 Å². The zero-order valence-corrected chi connectivity index (χ0v) is 8.38. The Balaban J connectivity index is 2.47. The van der Waals surface area contributed by atoms with E-state index in [1.54, 1.807) is 6.92 Å². The molecule has 0 aromatic carbocycles. The number of aliphatic hydroxyl groups is 1. The van der Waals surface area contributed by atoms with Crippen molar-refractivity contribution < 1.29 is 14.6 Å². The molecule has 0 aromatic heterocycles. The topological polar surface area (TPSA) is 46.5 Å². The predicted octanol–water partition coefficient (Wildman–Crippen LogP) is 1.14.